The lowest BCUT2D eigenvalue weighted by atomic mass is 9.75. The van der Waals surface area contributed by atoms with E-state index in [1.54, 1.807) is 0 Å². The summed E-state index contributed by atoms with van der Waals surface area (Å²) in [7, 11) is -1.79. The molecule has 0 saturated carbocycles. The molecule has 10 heteroatoms. The van der Waals surface area contributed by atoms with Crippen molar-refractivity contribution in [1.29, 1.82) is 0 Å². The van der Waals surface area contributed by atoms with Gasteiger partial charge in [-0.25, -0.2) is 4.79 Å². The highest BCUT2D eigenvalue weighted by molar-refractivity contribution is 6.43. The Hall–Kier alpha value is -3.37. The van der Waals surface area contributed by atoms with Gasteiger partial charge in [0, 0.05) is 0 Å². The molecule has 3 atom stereocenters. The van der Waals surface area contributed by atoms with Crippen molar-refractivity contribution in [1.82, 2.24) is 16.0 Å². The van der Waals surface area contributed by atoms with E-state index in [1.165, 1.54) is 0 Å². The lowest BCUT2D eigenvalue weighted by Gasteiger charge is -2.27. The van der Waals surface area contributed by atoms with E-state index in [9.17, 15) is 24.4 Å². The van der Waals surface area contributed by atoms with Crippen LogP contribution in [-0.4, -0.2) is 53.1 Å². The van der Waals surface area contributed by atoms with Crippen LogP contribution in [0.4, 0.5) is 4.79 Å². The van der Waals surface area contributed by atoms with Gasteiger partial charge < -0.3 is 30.7 Å². The zero-order chi connectivity index (χ0) is 28.1. The fourth-order valence-electron chi connectivity index (χ4n) is 3.97. The molecule has 38 heavy (non-hydrogen) atoms. The van der Waals surface area contributed by atoms with Crippen molar-refractivity contribution >= 4 is 25.0 Å². The van der Waals surface area contributed by atoms with Crippen molar-refractivity contribution in [3.63, 3.8) is 0 Å². The van der Waals surface area contributed by atoms with Gasteiger partial charge in [-0.2, -0.15) is 0 Å². The molecule has 0 bridgehead atoms. The minimum absolute atomic E-state index is 0.0602. The van der Waals surface area contributed by atoms with Crippen LogP contribution in [0.2, 0.25) is 0 Å². The first-order valence-corrected chi connectivity index (χ1v) is 13.0. The molecule has 2 aromatic rings. The maximum Gasteiger partial charge on any atom is 0.475 e. The Morgan fingerprint density at radius 3 is 1.71 bits per heavy atom. The third-order valence-electron chi connectivity index (χ3n) is 5.85. The van der Waals surface area contributed by atoms with Crippen molar-refractivity contribution in [2.24, 2.45) is 11.8 Å². The van der Waals surface area contributed by atoms with Crippen molar-refractivity contribution in [2.45, 2.75) is 71.6 Å². The second-order valence-corrected chi connectivity index (χ2v) is 10.3. The topological polar surface area (TPSA) is 137 Å². The molecule has 9 nitrogen and oxygen atoms in total. The van der Waals surface area contributed by atoms with Gasteiger partial charge in [-0.15, -0.1) is 0 Å². The van der Waals surface area contributed by atoms with Crippen LogP contribution in [0.3, 0.4) is 0 Å². The number of hydrogen-bond donors (Lipinski definition) is 5. The average Bonchev–Trinajstić information content (AvgIpc) is 2.86. The summed E-state index contributed by atoms with van der Waals surface area (Å²) in [5, 5.41) is 27.8. The highest BCUT2D eigenvalue weighted by Crippen LogP contribution is 2.11. The summed E-state index contributed by atoms with van der Waals surface area (Å²) >= 11 is 0. The Bertz CT molecular complexity index is 1000. The third kappa shape index (κ3) is 11.4. The van der Waals surface area contributed by atoms with Crippen molar-refractivity contribution in [2.75, 3.05) is 0 Å². The summed E-state index contributed by atoms with van der Waals surface area (Å²) in [5.41, 5.74) is 1.64. The monoisotopic (exact) mass is 525 g/mol. The van der Waals surface area contributed by atoms with Gasteiger partial charge in [0.15, 0.2) is 0 Å². The number of rotatable bonds is 14. The Labute approximate surface area is 225 Å². The molecule has 0 aliphatic carbocycles. The largest absolute Gasteiger partial charge is 0.475 e. The number of carbonyl (C=O) groups excluding carboxylic acids is 3. The predicted molar refractivity (Wildman–Crippen MR) is 147 cm³/mol. The number of alkyl carbamates (subject to hydrolysis) is 1. The standard InChI is InChI=1S/C28H40BN3O6/c1-19(2)15-23(27(34)32-25(29(36)37)17-21-11-7-5-8-12-21)30-26(33)24(16-20(3)4)31-28(35)38-18-22-13-9-6-10-14-22/h5-14,19-20,23-25,36-37H,15-18H2,1-4H3,(H,30,33)(H,31,35)(H,32,34)/t23-,24-,25?/m0/s1. The summed E-state index contributed by atoms with van der Waals surface area (Å²) in [4.78, 5) is 38.9. The zero-order valence-electron chi connectivity index (χ0n) is 22.6. The summed E-state index contributed by atoms with van der Waals surface area (Å²) in [6.45, 7) is 7.74. The SMILES string of the molecule is CC(C)C[C@H](NC(=O)OCc1ccccc1)C(=O)N[C@@H](CC(C)C)C(=O)NC(Cc1ccccc1)B(O)O. The minimum atomic E-state index is -1.79. The molecule has 0 radical (unpaired) electrons. The molecule has 0 saturated heterocycles. The Morgan fingerprint density at radius 2 is 1.21 bits per heavy atom. The first-order valence-electron chi connectivity index (χ1n) is 13.0. The summed E-state index contributed by atoms with van der Waals surface area (Å²) in [6.07, 6.45) is 0.140. The molecular weight excluding hydrogens is 485 g/mol. The van der Waals surface area contributed by atoms with Gasteiger partial charge in [-0.3, -0.25) is 9.59 Å². The molecule has 3 amide bonds. The Balaban J connectivity index is 2.07. The van der Waals surface area contributed by atoms with E-state index in [0.717, 1.165) is 11.1 Å². The lowest BCUT2D eigenvalue weighted by molar-refractivity contribution is -0.130. The van der Waals surface area contributed by atoms with Gasteiger partial charge >= 0.3 is 13.2 Å². The van der Waals surface area contributed by atoms with Crippen molar-refractivity contribution < 1.29 is 29.2 Å². The van der Waals surface area contributed by atoms with Crippen LogP contribution < -0.4 is 16.0 Å². The second-order valence-electron chi connectivity index (χ2n) is 10.3. The van der Waals surface area contributed by atoms with Crippen LogP contribution in [-0.2, 0) is 27.4 Å². The van der Waals surface area contributed by atoms with Crippen molar-refractivity contribution in [3.05, 3.63) is 71.8 Å². The maximum atomic E-state index is 13.2. The second kappa shape index (κ2) is 15.8. The molecule has 0 aromatic heterocycles. The summed E-state index contributed by atoms with van der Waals surface area (Å²) in [6, 6.07) is 16.5. The molecule has 0 aliphatic heterocycles. The quantitative estimate of drug-likeness (QED) is 0.241. The molecular formula is C28H40BN3O6. The summed E-state index contributed by atoms with van der Waals surface area (Å²) in [5.74, 6) is -1.87. The molecule has 5 N–H and O–H groups in total. The highest BCUT2D eigenvalue weighted by atomic mass is 16.5. The predicted octanol–water partition coefficient (Wildman–Crippen LogP) is 2.60. The van der Waals surface area contributed by atoms with E-state index in [4.69, 9.17) is 4.74 Å². The van der Waals surface area contributed by atoms with Crippen LogP contribution in [0.1, 0.15) is 51.7 Å². The van der Waals surface area contributed by atoms with Crippen LogP contribution in [0.15, 0.2) is 60.7 Å². The van der Waals surface area contributed by atoms with Gasteiger partial charge in [0.1, 0.15) is 18.7 Å². The number of hydrogen-bond acceptors (Lipinski definition) is 6. The van der Waals surface area contributed by atoms with E-state index >= 15 is 0 Å². The molecule has 0 fully saturated rings. The van der Waals surface area contributed by atoms with Crippen LogP contribution in [0, 0.1) is 11.8 Å². The summed E-state index contributed by atoms with van der Waals surface area (Å²) < 4.78 is 5.28. The number of nitrogens with one attached hydrogen (secondary N) is 3. The van der Waals surface area contributed by atoms with Gasteiger partial charge in [0.2, 0.25) is 11.8 Å². The average molecular weight is 525 g/mol. The van der Waals surface area contributed by atoms with Crippen LogP contribution >= 0.6 is 0 Å². The van der Waals surface area contributed by atoms with Crippen molar-refractivity contribution in [3.8, 4) is 0 Å². The van der Waals surface area contributed by atoms with E-state index < -0.39 is 43.1 Å². The van der Waals surface area contributed by atoms with Gasteiger partial charge in [0.05, 0.1) is 5.94 Å². The smallest absolute Gasteiger partial charge is 0.445 e. The lowest BCUT2D eigenvalue weighted by Crippen LogP contribution is -2.57. The molecule has 0 spiro atoms. The fraction of sp³-hybridized carbons (Fsp3) is 0.464. The molecule has 1 unspecified atom stereocenters. The van der Waals surface area contributed by atoms with E-state index in [2.05, 4.69) is 16.0 Å². The number of carbonyl (C=O) groups is 3. The maximum absolute atomic E-state index is 13.2. The van der Waals surface area contributed by atoms with Gasteiger partial charge in [-0.1, -0.05) is 88.4 Å². The van der Waals surface area contributed by atoms with E-state index in [1.807, 2.05) is 88.4 Å². The first-order chi connectivity index (χ1) is 18.0. The fourth-order valence-corrected chi connectivity index (χ4v) is 3.97. The molecule has 2 aromatic carbocycles. The zero-order valence-corrected chi connectivity index (χ0v) is 22.6. The first kappa shape index (κ1) is 30.9. The Kier molecular flexibility index (Phi) is 12.8. The number of amides is 3. The van der Waals surface area contributed by atoms with Crippen LogP contribution in [0.5, 0.6) is 0 Å². The number of ether oxygens (including phenoxy) is 1. The molecule has 0 aliphatic rings. The normalized spacial score (nSPS) is 13.4. The van der Waals surface area contributed by atoms with E-state index in [-0.39, 0.29) is 24.9 Å². The van der Waals surface area contributed by atoms with E-state index in [0.29, 0.717) is 12.8 Å². The number of benzene rings is 2. The highest BCUT2D eigenvalue weighted by Gasteiger charge is 2.32. The Morgan fingerprint density at radius 1 is 0.737 bits per heavy atom. The molecule has 206 valence electrons. The minimum Gasteiger partial charge on any atom is -0.445 e. The third-order valence-corrected chi connectivity index (χ3v) is 5.85. The molecule has 2 rings (SSSR count). The van der Waals surface area contributed by atoms with Gasteiger partial charge in [0.25, 0.3) is 0 Å². The molecule has 0 heterocycles. The van der Waals surface area contributed by atoms with Crippen LogP contribution in [0.25, 0.3) is 0 Å². The van der Waals surface area contributed by atoms with Gasteiger partial charge in [-0.05, 0) is 42.2 Å².